The first-order valence-electron chi connectivity index (χ1n) is 4.81. The van der Waals surface area contributed by atoms with Gasteiger partial charge in [0.25, 0.3) is 0 Å². The Morgan fingerprint density at radius 2 is 2.33 bits per heavy atom. The molecular weight excluding hydrogens is 150 g/mol. The van der Waals surface area contributed by atoms with E-state index in [1.807, 2.05) is 6.08 Å². The van der Waals surface area contributed by atoms with Gasteiger partial charge in [0, 0.05) is 19.1 Å². The first kappa shape index (κ1) is 8.27. The molecular formula is C10H17NO. The summed E-state index contributed by atoms with van der Waals surface area (Å²) in [5.41, 5.74) is -0.454. The molecule has 1 aliphatic heterocycles. The maximum Gasteiger partial charge on any atom is 0.0820 e. The summed E-state index contributed by atoms with van der Waals surface area (Å²) in [7, 11) is 0. The minimum Gasteiger partial charge on any atom is -0.388 e. The van der Waals surface area contributed by atoms with Gasteiger partial charge in [-0.1, -0.05) is 6.08 Å². The van der Waals surface area contributed by atoms with Crippen LogP contribution in [0.1, 0.15) is 25.7 Å². The second-order valence-electron chi connectivity index (χ2n) is 4.17. The lowest BCUT2D eigenvalue weighted by Crippen LogP contribution is -2.33. The van der Waals surface area contributed by atoms with Crippen molar-refractivity contribution in [1.29, 1.82) is 0 Å². The Morgan fingerprint density at radius 3 is 2.92 bits per heavy atom. The molecule has 0 spiro atoms. The molecule has 1 aliphatic carbocycles. The molecule has 12 heavy (non-hydrogen) atoms. The van der Waals surface area contributed by atoms with Gasteiger partial charge < -0.3 is 5.11 Å². The highest BCUT2D eigenvalue weighted by atomic mass is 16.3. The first-order chi connectivity index (χ1) is 5.73. The fraction of sp³-hybridized carbons (Fsp3) is 0.800. The zero-order chi connectivity index (χ0) is 8.60. The Bertz CT molecular complexity index is 188. The van der Waals surface area contributed by atoms with E-state index in [-0.39, 0.29) is 0 Å². The van der Waals surface area contributed by atoms with Crippen LogP contribution < -0.4 is 0 Å². The van der Waals surface area contributed by atoms with Crippen molar-refractivity contribution in [2.24, 2.45) is 0 Å². The average Bonchev–Trinajstić information content (AvgIpc) is 2.78. The van der Waals surface area contributed by atoms with E-state index in [0.29, 0.717) is 0 Å². The SMILES string of the molecule is C=CCC1(O)CCN(C2CC2)C1. The quantitative estimate of drug-likeness (QED) is 0.638. The monoisotopic (exact) mass is 167 g/mol. The minimum atomic E-state index is -0.454. The van der Waals surface area contributed by atoms with Gasteiger partial charge in [-0.2, -0.15) is 0 Å². The van der Waals surface area contributed by atoms with Gasteiger partial charge in [-0.05, 0) is 25.7 Å². The van der Waals surface area contributed by atoms with Crippen molar-refractivity contribution in [3.63, 3.8) is 0 Å². The fourth-order valence-corrected chi connectivity index (χ4v) is 2.07. The van der Waals surface area contributed by atoms with Crippen molar-refractivity contribution in [3.8, 4) is 0 Å². The summed E-state index contributed by atoms with van der Waals surface area (Å²) in [5.74, 6) is 0. The molecule has 2 fully saturated rings. The van der Waals surface area contributed by atoms with Gasteiger partial charge in [0.15, 0.2) is 0 Å². The van der Waals surface area contributed by atoms with Crippen LogP contribution in [0.2, 0.25) is 0 Å². The molecule has 0 aromatic rings. The Hall–Kier alpha value is -0.340. The predicted molar refractivity (Wildman–Crippen MR) is 49.0 cm³/mol. The second kappa shape index (κ2) is 2.86. The molecule has 0 radical (unpaired) electrons. The Morgan fingerprint density at radius 1 is 1.58 bits per heavy atom. The Kier molecular flexibility index (Phi) is 1.97. The van der Waals surface area contributed by atoms with Crippen LogP contribution in [0.4, 0.5) is 0 Å². The van der Waals surface area contributed by atoms with E-state index in [9.17, 15) is 5.11 Å². The summed E-state index contributed by atoms with van der Waals surface area (Å²) < 4.78 is 0. The number of nitrogens with zero attached hydrogens (tertiary/aromatic N) is 1. The Balaban J connectivity index is 1.90. The summed E-state index contributed by atoms with van der Waals surface area (Å²) in [6, 6.07) is 0.795. The van der Waals surface area contributed by atoms with Gasteiger partial charge in [0.2, 0.25) is 0 Å². The zero-order valence-electron chi connectivity index (χ0n) is 7.50. The van der Waals surface area contributed by atoms with Crippen molar-refractivity contribution in [2.75, 3.05) is 13.1 Å². The highest BCUT2D eigenvalue weighted by Gasteiger charge is 2.40. The van der Waals surface area contributed by atoms with Gasteiger partial charge in [-0.25, -0.2) is 0 Å². The van der Waals surface area contributed by atoms with Gasteiger partial charge in [0.05, 0.1) is 5.60 Å². The van der Waals surface area contributed by atoms with Crippen molar-refractivity contribution >= 4 is 0 Å². The van der Waals surface area contributed by atoms with Crippen molar-refractivity contribution in [3.05, 3.63) is 12.7 Å². The third-order valence-corrected chi connectivity index (χ3v) is 2.95. The third-order valence-electron chi connectivity index (χ3n) is 2.95. The molecule has 0 aromatic heterocycles. The molecule has 1 saturated carbocycles. The second-order valence-corrected chi connectivity index (χ2v) is 4.17. The molecule has 68 valence electrons. The smallest absolute Gasteiger partial charge is 0.0820 e. The van der Waals surface area contributed by atoms with Crippen molar-refractivity contribution in [1.82, 2.24) is 4.90 Å². The molecule has 1 atom stereocenters. The summed E-state index contributed by atoms with van der Waals surface area (Å²) in [6.07, 6.45) is 6.18. The molecule has 0 bridgehead atoms. The van der Waals surface area contributed by atoms with Crippen molar-refractivity contribution in [2.45, 2.75) is 37.3 Å². The summed E-state index contributed by atoms with van der Waals surface area (Å²) >= 11 is 0. The molecule has 1 heterocycles. The normalized spacial score (nSPS) is 37.1. The van der Waals surface area contributed by atoms with Gasteiger partial charge in [-0.15, -0.1) is 6.58 Å². The molecule has 0 aromatic carbocycles. The van der Waals surface area contributed by atoms with Crippen LogP contribution in [0.3, 0.4) is 0 Å². The van der Waals surface area contributed by atoms with E-state index in [4.69, 9.17) is 0 Å². The third kappa shape index (κ3) is 1.54. The number of hydrogen-bond donors (Lipinski definition) is 1. The Labute approximate surface area is 73.9 Å². The summed E-state index contributed by atoms with van der Waals surface area (Å²) in [5, 5.41) is 10.0. The molecule has 1 unspecified atom stereocenters. The predicted octanol–water partition coefficient (Wildman–Crippen LogP) is 1.16. The zero-order valence-corrected chi connectivity index (χ0v) is 7.50. The number of likely N-dealkylation sites (tertiary alicyclic amines) is 1. The minimum absolute atomic E-state index is 0.454. The van der Waals surface area contributed by atoms with Gasteiger partial charge in [-0.3, -0.25) is 4.90 Å². The first-order valence-corrected chi connectivity index (χ1v) is 4.81. The van der Waals surface area contributed by atoms with E-state index in [1.165, 1.54) is 12.8 Å². The highest BCUT2D eigenvalue weighted by molar-refractivity contribution is 4.99. The van der Waals surface area contributed by atoms with E-state index < -0.39 is 5.60 Å². The molecule has 2 rings (SSSR count). The van der Waals surface area contributed by atoms with E-state index in [1.54, 1.807) is 0 Å². The lowest BCUT2D eigenvalue weighted by Gasteiger charge is -2.21. The molecule has 2 aliphatic rings. The standard InChI is InChI=1S/C10H17NO/c1-2-5-10(12)6-7-11(8-10)9-3-4-9/h2,9,12H,1,3-8H2. The molecule has 2 heteroatoms. The van der Waals surface area contributed by atoms with Crippen LogP contribution >= 0.6 is 0 Å². The van der Waals surface area contributed by atoms with Crippen LogP contribution in [-0.4, -0.2) is 34.7 Å². The van der Waals surface area contributed by atoms with Crippen LogP contribution in [0, 0.1) is 0 Å². The lowest BCUT2D eigenvalue weighted by molar-refractivity contribution is 0.0514. The van der Waals surface area contributed by atoms with E-state index in [2.05, 4.69) is 11.5 Å². The van der Waals surface area contributed by atoms with Gasteiger partial charge in [0.1, 0.15) is 0 Å². The number of aliphatic hydroxyl groups is 1. The largest absolute Gasteiger partial charge is 0.388 e. The van der Waals surface area contributed by atoms with Crippen LogP contribution in [0.25, 0.3) is 0 Å². The fourth-order valence-electron chi connectivity index (χ4n) is 2.07. The van der Waals surface area contributed by atoms with E-state index >= 15 is 0 Å². The maximum atomic E-state index is 10.0. The molecule has 1 N–H and O–H groups in total. The maximum absolute atomic E-state index is 10.0. The van der Waals surface area contributed by atoms with Crippen LogP contribution in [0.15, 0.2) is 12.7 Å². The van der Waals surface area contributed by atoms with Crippen LogP contribution in [0.5, 0.6) is 0 Å². The average molecular weight is 167 g/mol. The lowest BCUT2D eigenvalue weighted by atomic mass is 9.99. The van der Waals surface area contributed by atoms with E-state index in [0.717, 1.165) is 32.0 Å². The molecule has 0 amide bonds. The number of hydrogen-bond acceptors (Lipinski definition) is 2. The number of rotatable bonds is 3. The molecule has 1 saturated heterocycles. The van der Waals surface area contributed by atoms with Gasteiger partial charge >= 0.3 is 0 Å². The summed E-state index contributed by atoms with van der Waals surface area (Å²) in [6.45, 7) is 5.62. The molecule has 2 nitrogen and oxygen atoms in total. The van der Waals surface area contributed by atoms with Crippen molar-refractivity contribution < 1.29 is 5.11 Å². The number of β-amino-alcohol motifs (C(OH)–C–C–N with tert-alkyl or cyclic N) is 1. The summed E-state index contributed by atoms with van der Waals surface area (Å²) in [4.78, 5) is 2.42. The van der Waals surface area contributed by atoms with Crippen LogP contribution in [-0.2, 0) is 0 Å². The highest BCUT2D eigenvalue weighted by Crippen LogP contribution is 2.34. The topological polar surface area (TPSA) is 23.5 Å².